The minimum absolute atomic E-state index is 0.319. The van der Waals surface area contributed by atoms with Crippen LogP contribution in [0.15, 0.2) is 51.2 Å². The highest BCUT2D eigenvalue weighted by Gasteiger charge is 2.27. The Hall–Kier alpha value is -3.46. The summed E-state index contributed by atoms with van der Waals surface area (Å²) in [5.41, 5.74) is 9.44. The first-order chi connectivity index (χ1) is 13.9. The highest BCUT2D eigenvalue weighted by atomic mass is 16.6. The van der Waals surface area contributed by atoms with Crippen LogP contribution in [0.5, 0.6) is 0 Å². The van der Waals surface area contributed by atoms with Crippen molar-refractivity contribution in [1.29, 1.82) is 0 Å². The van der Waals surface area contributed by atoms with Gasteiger partial charge in [0.05, 0.1) is 25.0 Å². The van der Waals surface area contributed by atoms with Gasteiger partial charge in [0.25, 0.3) is 5.91 Å². The number of rotatable bonds is 5. The van der Waals surface area contributed by atoms with Crippen molar-refractivity contribution >= 4 is 29.7 Å². The van der Waals surface area contributed by atoms with Gasteiger partial charge < -0.3 is 4.74 Å². The number of ether oxygens (including phenoxy) is 1. The van der Waals surface area contributed by atoms with Crippen LogP contribution in [0, 0.1) is 6.92 Å². The maximum Gasteiger partial charge on any atom is 0.335 e. The third kappa shape index (κ3) is 4.35. The number of benzene rings is 1. The second kappa shape index (κ2) is 8.70. The SMILES string of the molecule is CCOC(=O)C1=CN2NC=NC(=Nc3cc(C(=O)NOC)ccc3C)C2=C(C)C1. The molecule has 2 aliphatic heterocycles. The van der Waals surface area contributed by atoms with E-state index in [2.05, 4.69) is 25.7 Å². The Balaban J connectivity index is 1.95. The number of amidine groups is 1. The number of nitrogens with one attached hydrogen (secondary N) is 2. The van der Waals surface area contributed by atoms with E-state index in [0.29, 0.717) is 35.7 Å². The Labute approximate surface area is 168 Å². The molecule has 2 heterocycles. The van der Waals surface area contributed by atoms with Gasteiger partial charge in [-0.25, -0.2) is 20.3 Å². The minimum Gasteiger partial charge on any atom is -0.463 e. The second-order valence-corrected chi connectivity index (χ2v) is 6.51. The van der Waals surface area contributed by atoms with Crippen LogP contribution < -0.4 is 10.9 Å². The van der Waals surface area contributed by atoms with Crippen LogP contribution in [0.3, 0.4) is 0 Å². The lowest BCUT2D eigenvalue weighted by molar-refractivity contribution is -0.138. The highest BCUT2D eigenvalue weighted by molar-refractivity contribution is 6.06. The first-order valence-electron chi connectivity index (χ1n) is 9.13. The standard InChI is InChI=1S/C20H23N5O4/c1-5-29-20(27)15-8-13(3)17-18(21-11-22-25(17)10-15)23-16-9-14(7-6-12(16)2)19(26)24-28-4/h6-7,9-11H,5,8H2,1-4H3,(H,24,26)(H,21,22,23). The molecule has 1 amide bonds. The lowest BCUT2D eigenvalue weighted by Gasteiger charge is -2.32. The normalized spacial score (nSPS) is 16.9. The quantitative estimate of drug-likeness (QED) is 0.584. The fourth-order valence-electron chi connectivity index (χ4n) is 3.02. The zero-order valence-corrected chi connectivity index (χ0v) is 16.8. The number of hydrogen-bond acceptors (Lipinski definition) is 7. The predicted octanol–water partition coefficient (Wildman–Crippen LogP) is 2.29. The Morgan fingerprint density at radius 2 is 2.14 bits per heavy atom. The molecule has 0 fully saturated rings. The van der Waals surface area contributed by atoms with E-state index < -0.39 is 0 Å². The first-order valence-corrected chi connectivity index (χ1v) is 9.13. The van der Waals surface area contributed by atoms with Gasteiger partial charge in [0, 0.05) is 18.2 Å². The number of esters is 1. The van der Waals surface area contributed by atoms with Gasteiger partial charge in [-0.1, -0.05) is 6.07 Å². The monoisotopic (exact) mass is 397 g/mol. The molecule has 9 nitrogen and oxygen atoms in total. The summed E-state index contributed by atoms with van der Waals surface area (Å²) < 4.78 is 5.11. The lowest BCUT2D eigenvalue weighted by atomic mass is 10.0. The number of allylic oxidation sites excluding steroid dienone is 1. The predicted molar refractivity (Wildman–Crippen MR) is 108 cm³/mol. The van der Waals surface area contributed by atoms with Crippen molar-refractivity contribution in [1.82, 2.24) is 15.9 Å². The zero-order chi connectivity index (χ0) is 21.0. The van der Waals surface area contributed by atoms with E-state index in [1.54, 1.807) is 30.3 Å². The molecule has 2 aliphatic rings. The number of carbonyl (C=O) groups is 2. The summed E-state index contributed by atoms with van der Waals surface area (Å²) in [7, 11) is 1.38. The molecule has 29 heavy (non-hydrogen) atoms. The molecule has 0 unspecified atom stereocenters. The van der Waals surface area contributed by atoms with Crippen molar-refractivity contribution in [3.8, 4) is 0 Å². The molecular formula is C20H23N5O4. The van der Waals surface area contributed by atoms with Gasteiger partial charge in [-0.05, 0) is 44.0 Å². The van der Waals surface area contributed by atoms with Gasteiger partial charge in [-0.2, -0.15) is 0 Å². The van der Waals surface area contributed by atoms with Crippen molar-refractivity contribution in [3.63, 3.8) is 0 Å². The first kappa shape index (κ1) is 20.3. The molecule has 3 rings (SSSR count). The van der Waals surface area contributed by atoms with Crippen molar-refractivity contribution in [2.75, 3.05) is 13.7 Å². The number of aliphatic imine (C=N–C) groups is 2. The summed E-state index contributed by atoms with van der Waals surface area (Å²) in [5.74, 6) is -0.228. The summed E-state index contributed by atoms with van der Waals surface area (Å²) in [6, 6.07) is 5.19. The van der Waals surface area contributed by atoms with Crippen molar-refractivity contribution < 1.29 is 19.2 Å². The van der Waals surface area contributed by atoms with E-state index in [0.717, 1.165) is 16.8 Å². The van der Waals surface area contributed by atoms with Crippen LogP contribution in [0.25, 0.3) is 0 Å². The number of hydrogen-bond donors (Lipinski definition) is 2. The minimum atomic E-state index is -0.362. The van der Waals surface area contributed by atoms with E-state index >= 15 is 0 Å². The number of hydrazine groups is 1. The maximum atomic E-state index is 12.1. The van der Waals surface area contributed by atoms with E-state index in [1.165, 1.54) is 13.4 Å². The molecule has 0 aliphatic carbocycles. The van der Waals surface area contributed by atoms with Gasteiger partial charge in [0.1, 0.15) is 12.0 Å². The third-order valence-electron chi connectivity index (χ3n) is 4.41. The average molecular weight is 397 g/mol. The summed E-state index contributed by atoms with van der Waals surface area (Å²) in [6.45, 7) is 5.91. The average Bonchev–Trinajstić information content (AvgIpc) is 2.69. The van der Waals surface area contributed by atoms with Crippen molar-refractivity contribution in [3.05, 3.63) is 52.4 Å². The van der Waals surface area contributed by atoms with Crippen LogP contribution in [0.2, 0.25) is 0 Å². The van der Waals surface area contributed by atoms with Crippen molar-refractivity contribution in [2.45, 2.75) is 27.2 Å². The Bertz CT molecular complexity index is 962. The zero-order valence-electron chi connectivity index (χ0n) is 16.8. The van der Waals surface area contributed by atoms with E-state index in [1.807, 2.05) is 19.9 Å². The smallest absolute Gasteiger partial charge is 0.335 e. The molecule has 9 heteroatoms. The number of carbonyl (C=O) groups excluding carboxylic acids is 2. The fraction of sp³-hybridized carbons (Fsp3) is 0.300. The number of fused-ring (bicyclic) bond motifs is 1. The fourth-order valence-corrected chi connectivity index (χ4v) is 3.02. The molecule has 0 aromatic heterocycles. The topological polar surface area (TPSA) is 105 Å². The molecule has 1 aromatic carbocycles. The molecule has 0 saturated heterocycles. The Morgan fingerprint density at radius 1 is 1.34 bits per heavy atom. The van der Waals surface area contributed by atoms with Gasteiger partial charge in [-0.3, -0.25) is 20.1 Å². The van der Waals surface area contributed by atoms with Crippen LogP contribution in [0.4, 0.5) is 5.69 Å². The molecule has 0 atom stereocenters. The van der Waals surface area contributed by atoms with Gasteiger partial charge in [-0.15, -0.1) is 0 Å². The number of hydroxylamine groups is 1. The molecule has 0 spiro atoms. The molecule has 0 radical (unpaired) electrons. The van der Waals surface area contributed by atoms with Gasteiger partial charge >= 0.3 is 5.97 Å². The van der Waals surface area contributed by atoms with Crippen LogP contribution in [-0.2, 0) is 14.4 Å². The molecule has 0 bridgehead atoms. The summed E-state index contributed by atoms with van der Waals surface area (Å²) >= 11 is 0. The van der Waals surface area contributed by atoms with Crippen LogP contribution in [0.1, 0.15) is 36.2 Å². The lowest BCUT2D eigenvalue weighted by Crippen LogP contribution is -2.41. The Morgan fingerprint density at radius 3 is 2.86 bits per heavy atom. The second-order valence-electron chi connectivity index (χ2n) is 6.51. The van der Waals surface area contributed by atoms with E-state index in [-0.39, 0.29) is 11.9 Å². The number of aryl methyl sites for hydroxylation is 1. The Kier molecular flexibility index (Phi) is 6.08. The molecule has 152 valence electrons. The van der Waals surface area contributed by atoms with Crippen LogP contribution >= 0.6 is 0 Å². The van der Waals surface area contributed by atoms with E-state index in [9.17, 15) is 9.59 Å². The number of nitrogens with zero attached hydrogens (tertiary/aromatic N) is 3. The van der Waals surface area contributed by atoms with Crippen LogP contribution in [-0.4, -0.2) is 42.8 Å². The highest BCUT2D eigenvalue weighted by Crippen LogP contribution is 2.29. The molecule has 0 saturated carbocycles. The van der Waals surface area contributed by atoms with Gasteiger partial charge in [0.15, 0.2) is 5.84 Å². The largest absolute Gasteiger partial charge is 0.463 e. The summed E-state index contributed by atoms with van der Waals surface area (Å²) in [4.78, 5) is 37.9. The summed E-state index contributed by atoms with van der Waals surface area (Å²) in [5, 5.41) is 1.70. The van der Waals surface area contributed by atoms with Crippen molar-refractivity contribution in [2.24, 2.45) is 9.98 Å². The van der Waals surface area contributed by atoms with Gasteiger partial charge in [0.2, 0.25) is 0 Å². The molecule has 1 aromatic rings. The molecular weight excluding hydrogens is 374 g/mol. The summed E-state index contributed by atoms with van der Waals surface area (Å²) in [6.07, 6.45) is 3.63. The molecule has 2 N–H and O–H groups in total. The van der Waals surface area contributed by atoms with E-state index in [4.69, 9.17) is 4.74 Å². The maximum absolute atomic E-state index is 12.1. The third-order valence-corrected chi connectivity index (χ3v) is 4.41. The number of amides is 1.